The molecule has 102 valence electrons. The Morgan fingerprint density at radius 3 is 2.80 bits per heavy atom. The lowest BCUT2D eigenvalue weighted by molar-refractivity contribution is -0.133. The predicted octanol–water partition coefficient (Wildman–Crippen LogP) is 1.91. The number of benzene rings is 1. The van der Waals surface area contributed by atoms with Crippen LogP contribution < -0.4 is 5.32 Å². The van der Waals surface area contributed by atoms with E-state index < -0.39 is 18.3 Å². The molecule has 0 spiro atoms. The third kappa shape index (κ3) is 2.03. The minimum Gasteiger partial charge on any atom is -0.637 e. The van der Waals surface area contributed by atoms with Gasteiger partial charge in [-0.05, 0) is 5.56 Å². The maximum Gasteiger partial charge on any atom is 0.640 e. The molecule has 1 aromatic rings. The van der Waals surface area contributed by atoms with Gasteiger partial charge >= 0.3 is 12.5 Å². The van der Waals surface area contributed by atoms with Gasteiger partial charge in [0.2, 0.25) is 5.81 Å². The van der Waals surface area contributed by atoms with Crippen LogP contribution in [0.1, 0.15) is 18.4 Å². The molecular weight excluding hydrogens is 257 g/mol. The van der Waals surface area contributed by atoms with Crippen molar-refractivity contribution in [3.8, 4) is 0 Å². The van der Waals surface area contributed by atoms with Gasteiger partial charge in [0.1, 0.15) is 12.8 Å². The standard InChI is InChI=1S/C14H14BNO4/c1-10-7-12-8-13(17)20-15(12,19-10)14(18)16-9-11-5-3-2-4-6-11/h2-6H,1,7-9H2,(H,16,18). The Labute approximate surface area is 116 Å². The van der Waals surface area contributed by atoms with E-state index in [0.29, 0.717) is 24.5 Å². The van der Waals surface area contributed by atoms with Gasteiger partial charge in [0.05, 0.1) is 5.76 Å². The third-order valence-electron chi connectivity index (χ3n) is 3.62. The molecule has 2 aliphatic rings. The molecule has 0 aromatic heterocycles. The second kappa shape index (κ2) is 4.63. The molecule has 2 aliphatic heterocycles. The Balaban J connectivity index is 1.72. The van der Waals surface area contributed by atoms with Crippen molar-refractivity contribution in [1.29, 1.82) is 0 Å². The lowest BCUT2D eigenvalue weighted by Crippen LogP contribution is -2.53. The number of amides is 1. The summed E-state index contributed by atoms with van der Waals surface area (Å²) in [5, 5.41) is 2.77. The van der Waals surface area contributed by atoms with Crippen molar-refractivity contribution in [3.63, 3.8) is 0 Å². The Morgan fingerprint density at radius 1 is 1.30 bits per heavy atom. The van der Waals surface area contributed by atoms with Crippen molar-refractivity contribution >= 4 is 18.3 Å². The molecule has 1 aromatic carbocycles. The SMILES string of the molecule is C=C1C[C+]2CC(=O)O[B-]2(C(=O)NCc2ccccc2)O1. The van der Waals surface area contributed by atoms with Crippen LogP contribution >= 0.6 is 0 Å². The average Bonchev–Trinajstić information content (AvgIpc) is 2.89. The highest BCUT2D eigenvalue weighted by Crippen LogP contribution is 2.44. The van der Waals surface area contributed by atoms with Gasteiger partial charge in [0.25, 0.3) is 0 Å². The summed E-state index contributed by atoms with van der Waals surface area (Å²) < 4.78 is 10.7. The number of hydrogen-bond donors (Lipinski definition) is 1. The summed E-state index contributed by atoms with van der Waals surface area (Å²) in [6.07, 6.45) is 0.558. The zero-order chi connectivity index (χ0) is 14.2. The lowest BCUT2D eigenvalue weighted by atomic mass is 9.48. The zero-order valence-electron chi connectivity index (χ0n) is 10.9. The molecule has 2 fully saturated rings. The molecule has 0 aliphatic carbocycles. The van der Waals surface area contributed by atoms with Crippen LogP contribution in [0.25, 0.3) is 0 Å². The van der Waals surface area contributed by atoms with Crippen LogP contribution in [-0.2, 0) is 20.6 Å². The fourth-order valence-corrected chi connectivity index (χ4v) is 2.68. The normalized spacial score (nSPS) is 24.1. The Kier molecular flexibility index (Phi) is 2.93. The highest BCUT2D eigenvalue weighted by molar-refractivity contribution is 7.03. The lowest BCUT2D eigenvalue weighted by Gasteiger charge is -2.24. The maximum absolute atomic E-state index is 12.4. The van der Waals surface area contributed by atoms with Crippen LogP contribution in [0.15, 0.2) is 42.7 Å². The van der Waals surface area contributed by atoms with E-state index in [1.807, 2.05) is 30.3 Å². The number of rotatable bonds is 3. The number of nitrogens with one attached hydrogen (secondary N) is 1. The quantitative estimate of drug-likeness (QED) is 0.673. The van der Waals surface area contributed by atoms with E-state index in [2.05, 4.69) is 11.9 Å². The topological polar surface area (TPSA) is 64.6 Å². The average molecular weight is 271 g/mol. The van der Waals surface area contributed by atoms with Gasteiger partial charge in [-0.3, -0.25) is 4.79 Å². The molecule has 6 heteroatoms. The van der Waals surface area contributed by atoms with E-state index in [9.17, 15) is 9.59 Å². The first-order valence-electron chi connectivity index (χ1n) is 6.50. The van der Waals surface area contributed by atoms with Gasteiger partial charge in [-0.25, -0.2) is 0 Å². The molecule has 2 saturated heterocycles. The molecule has 0 saturated carbocycles. The van der Waals surface area contributed by atoms with E-state index in [-0.39, 0.29) is 6.42 Å². The largest absolute Gasteiger partial charge is 0.640 e. The summed E-state index contributed by atoms with van der Waals surface area (Å²) in [6, 6.07) is 9.51. The van der Waals surface area contributed by atoms with Crippen molar-refractivity contribution < 1.29 is 18.9 Å². The van der Waals surface area contributed by atoms with Gasteiger partial charge < -0.3 is 19.4 Å². The summed E-state index contributed by atoms with van der Waals surface area (Å²) in [4.78, 5) is 23.8. The van der Waals surface area contributed by atoms with E-state index in [4.69, 9.17) is 9.31 Å². The Morgan fingerprint density at radius 2 is 2.05 bits per heavy atom. The molecule has 0 bridgehead atoms. The molecule has 2 heterocycles. The van der Waals surface area contributed by atoms with Crippen LogP contribution in [0.2, 0.25) is 0 Å². The highest BCUT2D eigenvalue weighted by atomic mass is 16.6. The second-order valence-electron chi connectivity index (χ2n) is 5.07. The summed E-state index contributed by atoms with van der Waals surface area (Å²) in [7, 11) is 0. The molecular formula is C14H14BNO4. The van der Waals surface area contributed by atoms with Crippen LogP contribution in [0.5, 0.6) is 0 Å². The maximum atomic E-state index is 12.4. The van der Waals surface area contributed by atoms with E-state index in [0.717, 1.165) is 5.56 Å². The molecule has 1 amide bonds. The van der Waals surface area contributed by atoms with Gasteiger partial charge in [0.15, 0.2) is 0 Å². The predicted molar refractivity (Wildman–Crippen MR) is 73.2 cm³/mol. The van der Waals surface area contributed by atoms with E-state index in [1.165, 1.54) is 0 Å². The van der Waals surface area contributed by atoms with Gasteiger partial charge in [-0.1, -0.05) is 36.9 Å². The first kappa shape index (κ1) is 12.7. The van der Waals surface area contributed by atoms with E-state index >= 15 is 0 Å². The highest BCUT2D eigenvalue weighted by Gasteiger charge is 2.68. The number of carbonyl (C=O) groups is 2. The first-order valence-corrected chi connectivity index (χ1v) is 6.50. The minimum atomic E-state index is -2.35. The second-order valence-corrected chi connectivity index (χ2v) is 5.07. The summed E-state index contributed by atoms with van der Waals surface area (Å²) >= 11 is 0. The zero-order valence-corrected chi connectivity index (χ0v) is 10.9. The number of carbonyl (C=O) groups excluding carboxylic acids is 2. The van der Waals surface area contributed by atoms with Gasteiger partial charge in [-0.2, -0.15) is 0 Å². The third-order valence-corrected chi connectivity index (χ3v) is 3.62. The number of fused-ring (bicyclic) bond motifs is 1. The molecule has 1 atom stereocenters. The van der Waals surface area contributed by atoms with Crippen LogP contribution in [0.3, 0.4) is 0 Å². The molecule has 3 rings (SSSR count). The van der Waals surface area contributed by atoms with Crippen LogP contribution in [0, 0.1) is 5.82 Å². The Bertz CT molecular complexity index is 552. The van der Waals surface area contributed by atoms with Crippen molar-refractivity contribution in [2.24, 2.45) is 0 Å². The molecule has 5 nitrogen and oxygen atoms in total. The minimum absolute atomic E-state index is 0.137. The molecule has 20 heavy (non-hydrogen) atoms. The summed E-state index contributed by atoms with van der Waals surface area (Å²) in [5.74, 6) is 0.351. The first-order chi connectivity index (χ1) is 9.60. The van der Waals surface area contributed by atoms with Crippen LogP contribution in [0.4, 0.5) is 4.79 Å². The number of hydrogen-bond acceptors (Lipinski definition) is 4. The number of allylic oxidation sites excluding steroid dienone is 1. The van der Waals surface area contributed by atoms with Crippen molar-refractivity contribution in [2.45, 2.75) is 19.4 Å². The fourth-order valence-electron chi connectivity index (χ4n) is 2.68. The van der Waals surface area contributed by atoms with Crippen molar-refractivity contribution in [3.05, 3.63) is 54.1 Å². The van der Waals surface area contributed by atoms with Crippen molar-refractivity contribution in [2.75, 3.05) is 0 Å². The monoisotopic (exact) mass is 271 g/mol. The van der Waals surface area contributed by atoms with Gasteiger partial charge in [0, 0.05) is 12.4 Å². The fraction of sp³-hybridized carbons (Fsp3) is 0.214. The summed E-state index contributed by atoms with van der Waals surface area (Å²) in [5.41, 5.74) is 0.968. The molecule has 1 unspecified atom stereocenters. The smallest absolute Gasteiger partial charge is 0.637 e. The van der Waals surface area contributed by atoms with Gasteiger partial charge in [-0.15, -0.1) is 0 Å². The van der Waals surface area contributed by atoms with Crippen molar-refractivity contribution in [1.82, 2.24) is 5.32 Å². The molecule has 1 N–H and O–H groups in total. The molecule has 0 radical (unpaired) electrons. The summed E-state index contributed by atoms with van der Waals surface area (Å²) in [6.45, 7) is 1.73. The Hall–Kier alpha value is -2.37. The van der Waals surface area contributed by atoms with E-state index in [1.54, 1.807) is 0 Å². The van der Waals surface area contributed by atoms with Crippen LogP contribution in [-0.4, -0.2) is 18.3 Å².